The average Bonchev–Trinajstić information content (AvgIpc) is 2.26. The Morgan fingerprint density at radius 2 is 1.89 bits per heavy atom. The molecule has 108 valence electrons. The Hall–Kier alpha value is -0.810. The second-order valence-electron chi connectivity index (χ2n) is 4.61. The van der Waals surface area contributed by atoms with E-state index in [4.69, 9.17) is 5.73 Å². The number of ether oxygens (including phenoxy) is 1. The summed E-state index contributed by atoms with van der Waals surface area (Å²) in [6.45, 7) is 5.92. The summed E-state index contributed by atoms with van der Waals surface area (Å²) in [5.41, 5.74) is 5.68. The minimum absolute atomic E-state index is 0. The van der Waals surface area contributed by atoms with Crippen molar-refractivity contribution in [3.63, 3.8) is 0 Å². The van der Waals surface area contributed by atoms with E-state index in [0.717, 1.165) is 6.42 Å². The number of nitrogens with one attached hydrogen (secondary N) is 1. The molecule has 0 heterocycles. The molecular weight excluding hydrogens is 256 g/mol. The van der Waals surface area contributed by atoms with Crippen molar-refractivity contribution in [3.05, 3.63) is 0 Å². The molecule has 5 nitrogen and oxygen atoms in total. The number of rotatable bonds is 7. The van der Waals surface area contributed by atoms with E-state index < -0.39 is 18.1 Å². The Morgan fingerprint density at radius 1 is 1.33 bits per heavy atom. The normalized spacial score (nSPS) is 13.4. The first-order valence-electron chi connectivity index (χ1n) is 6.06. The molecule has 0 saturated carbocycles. The first-order chi connectivity index (χ1) is 7.92. The molecule has 1 amide bonds. The Kier molecular flexibility index (Phi) is 11.0. The minimum Gasteiger partial charge on any atom is -0.467 e. The van der Waals surface area contributed by atoms with Crippen LogP contribution in [0.25, 0.3) is 0 Å². The van der Waals surface area contributed by atoms with Crippen LogP contribution in [-0.2, 0) is 14.3 Å². The second kappa shape index (κ2) is 10.1. The third kappa shape index (κ3) is 7.50. The lowest BCUT2D eigenvalue weighted by atomic mass is 10.0. The highest BCUT2D eigenvalue weighted by Crippen LogP contribution is 2.07. The fourth-order valence-corrected chi connectivity index (χ4v) is 1.55. The Balaban J connectivity index is 0. The van der Waals surface area contributed by atoms with Crippen molar-refractivity contribution in [2.45, 2.75) is 52.1 Å². The summed E-state index contributed by atoms with van der Waals surface area (Å²) in [4.78, 5) is 23.2. The quantitative estimate of drug-likeness (QED) is 0.688. The van der Waals surface area contributed by atoms with Gasteiger partial charge in [0, 0.05) is 0 Å². The maximum atomic E-state index is 11.7. The van der Waals surface area contributed by atoms with Crippen LogP contribution in [0, 0.1) is 5.92 Å². The van der Waals surface area contributed by atoms with E-state index in [2.05, 4.69) is 10.1 Å². The van der Waals surface area contributed by atoms with Gasteiger partial charge in [0.2, 0.25) is 5.91 Å². The first-order valence-corrected chi connectivity index (χ1v) is 6.06. The minimum atomic E-state index is -0.601. The highest BCUT2D eigenvalue weighted by atomic mass is 35.5. The molecule has 0 aromatic heterocycles. The molecule has 2 atom stereocenters. The van der Waals surface area contributed by atoms with E-state index >= 15 is 0 Å². The van der Waals surface area contributed by atoms with Gasteiger partial charge in [-0.25, -0.2) is 4.79 Å². The van der Waals surface area contributed by atoms with Gasteiger partial charge in [0.05, 0.1) is 13.2 Å². The molecule has 0 aliphatic carbocycles. The zero-order valence-electron chi connectivity index (χ0n) is 11.6. The highest BCUT2D eigenvalue weighted by Gasteiger charge is 2.24. The number of carbonyl (C=O) groups excluding carboxylic acids is 2. The Bertz CT molecular complexity index is 260. The molecule has 0 bridgehead atoms. The number of carbonyl (C=O) groups is 2. The van der Waals surface area contributed by atoms with Gasteiger partial charge in [0.1, 0.15) is 6.04 Å². The van der Waals surface area contributed by atoms with Crippen LogP contribution in [0.5, 0.6) is 0 Å². The fourth-order valence-electron chi connectivity index (χ4n) is 1.55. The molecule has 0 radical (unpaired) electrons. The first kappa shape index (κ1) is 19.5. The zero-order valence-corrected chi connectivity index (χ0v) is 12.4. The number of hydrogen-bond donors (Lipinski definition) is 2. The summed E-state index contributed by atoms with van der Waals surface area (Å²) in [5, 5.41) is 2.65. The van der Waals surface area contributed by atoms with Crippen molar-refractivity contribution >= 4 is 24.3 Å². The van der Waals surface area contributed by atoms with Crippen molar-refractivity contribution < 1.29 is 14.3 Å². The van der Waals surface area contributed by atoms with Crippen LogP contribution in [-0.4, -0.2) is 31.1 Å². The summed E-state index contributed by atoms with van der Waals surface area (Å²) < 4.78 is 4.66. The van der Waals surface area contributed by atoms with Gasteiger partial charge in [0.25, 0.3) is 0 Å². The van der Waals surface area contributed by atoms with Gasteiger partial charge in [-0.1, -0.05) is 27.2 Å². The number of halogens is 1. The summed E-state index contributed by atoms with van der Waals surface area (Å²) in [6.07, 6.45) is 2.00. The van der Waals surface area contributed by atoms with Crippen LogP contribution < -0.4 is 11.1 Å². The largest absolute Gasteiger partial charge is 0.467 e. The van der Waals surface area contributed by atoms with Crippen molar-refractivity contribution in [1.29, 1.82) is 0 Å². The van der Waals surface area contributed by atoms with Crippen LogP contribution in [0.1, 0.15) is 40.0 Å². The Labute approximate surface area is 115 Å². The van der Waals surface area contributed by atoms with Gasteiger partial charge in [-0.05, 0) is 18.8 Å². The number of amides is 1. The molecule has 3 N–H and O–H groups in total. The third-order valence-corrected chi connectivity index (χ3v) is 2.45. The van der Waals surface area contributed by atoms with E-state index in [0.29, 0.717) is 18.8 Å². The molecule has 0 spiro atoms. The van der Waals surface area contributed by atoms with E-state index in [1.54, 1.807) is 0 Å². The topological polar surface area (TPSA) is 81.4 Å². The standard InChI is InChI=1S/C12H24N2O3.ClH/c1-5-6-9(13)11(15)14-10(7-8(2)3)12(16)17-4;/h8-10H,5-7,13H2,1-4H3,(H,14,15);1H. The summed E-state index contributed by atoms with van der Waals surface area (Å²) in [5.74, 6) is -0.416. The monoisotopic (exact) mass is 280 g/mol. The molecule has 0 saturated heterocycles. The van der Waals surface area contributed by atoms with Gasteiger partial charge in [-0.15, -0.1) is 12.4 Å². The molecule has 18 heavy (non-hydrogen) atoms. The number of esters is 1. The van der Waals surface area contributed by atoms with Crippen LogP contribution in [0.15, 0.2) is 0 Å². The van der Waals surface area contributed by atoms with E-state index in [-0.39, 0.29) is 18.3 Å². The summed E-state index contributed by atoms with van der Waals surface area (Å²) >= 11 is 0. The lowest BCUT2D eigenvalue weighted by Crippen LogP contribution is -2.49. The van der Waals surface area contributed by atoms with Gasteiger partial charge in [-0.3, -0.25) is 4.79 Å². The van der Waals surface area contributed by atoms with E-state index in [1.165, 1.54) is 7.11 Å². The lowest BCUT2D eigenvalue weighted by Gasteiger charge is -2.20. The highest BCUT2D eigenvalue weighted by molar-refractivity contribution is 5.87. The van der Waals surface area contributed by atoms with E-state index in [9.17, 15) is 9.59 Å². The number of hydrogen-bond acceptors (Lipinski definition) is 4. The van der Waals surface area contributed by atoms with Gasteiger partial charge >= 0.3 is 5.97 Å². The molecule has 2 unspecified atom stereocenters. The van der Waals surface area contributed by atoms with Crippen LogP contribution in [0.3, 0.4) is 0 Å². The molecule has 0 aromatic rings. The van der Waals surface area contributed by atoms with E-state index in [1.807, 2.05) is 20.8 Å². The third-order valence-electron chi connectivity index (χ3n) is 2.45. The smallest absolute Gasteiger partial charge is 0.328 e. The molecular formula is C12H25ClN2O3. The second-order valence-corrected chi connectivity index (χ2v) is 4.61. The molecule has 0 aliphatic rings. The average molecular weight is 281 g/mol. The maximum absolute atomic E-state index is 11.7. The molecule has 0 rings (SSSR count). The SMILES string of the molecule is CCCC(N)C(=O)NC(CC(C)C)C(=O)OC.Cl. The zero-order chi connectivity index (χ0) is 13.4. The molecule has 0 aromatic carbocycles. The van der Waals surface area contributed by atoms with Crippen molar-refractivity contribution in [2.24, 2.45) is 11.7 Å². The predicted molar refractivity (Wildman–Crippen MR) is 73.5 cm³/mol. The molecule has 0 fully saturated rings. The molecule has 6 heteroatoms. The molecule has 0 aliphatic heterocycles. The van der Waals surface area contributed by atoms with Gasteiger partial charge < -0.3 is 15.8 Å². The van der Waals surface area contributed by atoms with Crippen LogP contribution in [0.2, 0.25) is 0 Å². The Morgan fingerprint density at radius 3 is 2.28 bits per heavy atom. The lowest BCUT2D eigenvalue weighted by molar-refractivity contribution is -0.145. The van der Waals surface area contributed by atoms with Crippen molar-refractivity contribution in [3.8, 4) is 0 Å². The number of methoxy groups -OCH3 is 1. The van der Waals surface area contributed by atoms with Crippen LogP contribution >= 0.6 is 12.4 Å². The van der Waals surface area contributed by atoms with Crippen molar-refractivity contribution in [1.82, 2.24) is 5.32 Å². The van der Waals surface area contributed by atoms with Crippen molar-refractivity contribution in [2.75, 3.05) is 7.11 Å². The van der Waals surface area contributed by atoms with Gasteiger partial charge in [0.15, 0.2) is 0 Å². The maximum Gasteiger partial charge on any atom is 0.328 e. The van der Waals surface area contributed by atoms with Gasteiger partial charge in [-0.2, -0.15) is 0 Å². The fraction of sp³-hybridized carbons (Fsp3) is 0.833. The summed E-state index contributed by atoms with van der Waals surface area (Å²) in [7, 11) is 1.31. The van der Waals surface area contributed by atoms with Crippen LogP contribution in [0.4, 0.5) is 0 Å². The predicted octanol–water partition coefficient (Wildman–Crippen LogP) is 1.24. The number of nitrogens with two attached hydrogens (primary N) is 1. The summed E-state index contributed by atoms with van der Waals surface area (Å²) in [6, 6.07) is -1.16.